The van der Waals surface area contributed by atoms with Crippen LogP contribution >= 0.6 is 0 Å². The molecule has 158 valence electrons. The van der Waals surface area contributed by atoms with Gasteiger partial charge in [0, 0.05) is 11.1 Å². The molecule has 0 atom stereocenters. The summed E-state index contributed by atoms with van der Waals surface area (Å²) in [6.07, 6.45) is 6.36. The van der Waals surface area contributed by atoms with Crippen LogP contribution in [0.4, 0.5) is 4.39 Å². The zero-order chi connectivity index (χ0) is 21.8. The molecule has 0 saturated heterocycles. The van der Waals surface area contributed by atoms with Crippen LogP contribution < -0.4 is 4.74 Å². The number of aromatic carboxylic acids is 1. The molecule has 3 rings (SSSR count). The van der Waals surface area contributed by atoms with Crippen LogP contribution in [0.15, 0.2) is 48.6 Å². The van der Waals surface area contributed by atoms with Crippen molar-refractivity contribution in [2.75, 3.05) is 0 Å². The van der Waals surface area contributed by atoms with Gasteiger partial charge >= 0.3 is 5.97 Å². The van der Waals surface area contributed by atoms with Gasteiger partial charge in [-0.1, -0.05) is 30.4 Å². The topological polar surface area (TPSA) is 66.8 Å². The molecule has 0 aliphatic heterocycles. The molecule has 0 aromatic heterocycles. The molecule has 30 heavy (non-hydrogen) atoms. The average molecular weight is 410 g/mol. The van der Waals surface area contributed by atoms with E-state index in [-0.39, 0.29) is 23.0 Å². The maximum Gasteiger partial charge on any atom is 0.340 e. The Kier molecular flexibility index (Phi) is 6.60. The first-order chi connectivity index (χ1) is 14.3. The molecule has 2 N–H and O–H groups in total. The fourth-order valence-electron chi connectivity index (χ4n) is 3.74. The highest BCUT2D eigenvalue weighted by molar-refractivity contribution is 6.00. The number of allylic oxidation sites excluding steroid dienone is 2. The van der Waals surface area contributed by atoms with Gasteiger partial charge in [0.1, 0.15) is 22.9 Å². The fourth-order valence-corrected chi connectivity index (χ4v) is 3.74. The van der Waals surface area contributed by atoms with Crippen LogP contribution in [-0.2, 0) is 6.42 Å². The van der Waals surface area contributed by atoms with Crippen LogP contribution in [0.2, 0.25) is 0 Å². The number of carboxylic acids is 1. The number of ether oxygens (including phenoxy) is 1. The van der Waals surface area contributed by atoms with Crippen LogP contribution in [0.3, 0.4) is 0 Å². The van der Waals surface area contributed by atoms with Gasteiger partial charge < -0.3 is 14.9 Å². The van der Waals surface area contributed by atoms with Gasteiger partial charge in [-0.05, 0) is 75.3 Å². The van der Waals surface area contributed by atoms with E-state index in [0.717, 1.165) is 31.3 Å². The molecule has 2 aromatic rings. The lowest BCUT2D eigenvalue weighted by molar-refractivity contribution is 0.0693. The first-order valence-corrected chi connectivity index (χ1v) is 10.1. The van der Waals surface area contributed by atoms with E-state index in [2.05, 4.69) is 6.58 Å². The van der Waals surface area contributed by atoms with E-state index in [9.17, 15) is 19.4 Å². The predicted octanol–water partition coefficient (Wildman–Crippen LogP) is 6.12. The van der Waals surface area contributed by atoms with Gasteiger partial charge in [-0.15, -0.1) is 0 Å². The summed E-state index contributed by atoms with van der Waals surface area (Å²) >= 11 is 0. The van der Waals surface area contributed by atoms with Crippen molar-refractivity contribution < 1.29 is 24.1 Å². The standard InChI is InChI=1S/C25H27FO4/c1-15(2)8-13-20-22(30-19-6-4-5-7-19)14-21(23(24(20)27)25(28)29)16(3)17-9-11-18(26)12-10-17/h8-12,14,19,27H,3-7,13H2,1-2H3,(H,28,29). The Balaban J connectivity index is 2.15. The van der Waals surface area contributed by atoms with Crippen molar-refractivity contribution in [3.63, 3.8) is 0 Å². The predicted molar refractivity (Wildman–Crippen MR) is 116 cm³/mol. The Labute approximate surface area is 176 Å². The number of benzene rings is 2. The number of halogens is 1. The average Bonchev–Trinajstić information content (AvgIpc) is 3.19. The lowest BCUT2D eigenvalue weighted by Crippen LogP contribution is -2.14. The zero-order valence-corrected chi connectivity index (χ0v) is 17.4. The summed E-state index contributed by atoms with van der Waals surface area (Å²) < 4.78 is 19.5. The Morgan fingerprint density at radius 2 is 1.87 bits per heavy atom. The first kappa shape index (κ1) is 21.6. The second-order valence-electron chi connectivity index (χ2n) is 7.92. The third-order valence-corrected chi connectivity index (χ3v) is 5.41. The second-order valence-corrected chi connectivity index (χ2v) is 7.92. The molecule has 1 saturated carbocycles. The van der Waals surface area contributed by atoms with Crippen LogP contribution in [0.1, 0.15) is 66.6 Å². The van der Waals surface area contributed by atoms with Gasteiger partial charge in [-0.3, -0.25) is 0 Å². The van der Waals surface area contributed by atoms with Gasteiger partial charge in [0.05, 0.1) is 6.10 Å². The molecule has 4 nitrogen and oxygen atoms in total. The molecule has 0 unspecified atom stereocenters. The number of phenols is 1. The number of rotatable bonds is 7. The molecule has 1 aliphatic rings. The van der Waals surface area contributed by atoms with Gasteiger partial charge in [0.25, 0.3) is 0 Å². The monoisotopic (exact) mass is 410 g/mol. The third-order valence-electron chi connectivity index (χ3n) is 5.41. The minimum atomic E-state index is -1.25. The van der Waals surface area contributed by atoms with Crippen LogP contribution in [0, 0.1) is 5.82 Å². The molecule has 0 spiro atoms. The van der Waals surface area contributed by atoms with Crippen LogP contribution in [0.25, 0.3) is 5.57 Å². The van der Waals surface area contributed by atoms with Crippen molar-refractivity contribution in [2.24, 2.45) is 0 Å². The number of hydrogen-bond acceptors (Lipinski definition) is 3. The smallest absolute Gasteiger partial charge is 0.340 e. The Morgan fingerprint density at radius 3 is 2.43 bits per heavy atom. The van der Waals surface area contributed by atoms with E-state index in [0.29, 0.717) is 28.9 Å². The summed E-state index contributed by atoms with van der Waals surface area (Å²) in [6, 6.07) is 7.31. The highest BCUT2D eigenvalue weighted by Crippen LogP contribution is 2.40. The number of aromatic hydroxyl groups is 1. The molecule has 0 heterocycles. The van der Waals surface area contributed by atoms with Crippen LogP contribution in [0.5, 0.6) is 11.5 Å². The van der Waals surface area contributed by atoms with E-state index < -0.39 is 11.8 Å². The molecular formula is C25H27FO4. The van der Waals surface area contributed by atoms with E-state index in [1.54, 1.807) is 6.07 Å². The van der Waals surface area contributed by atoms with E-state index in [1.165, 1.54) is 24.3 Å². The molecule has 1 aliphatic carbocycles. The summed E-state index contributed by atoms with van der Waals surface area (Å²) in [5.41, 5.74) is 2.50. The van der Waals surface area contributed by atoms with Crippen molar-refractivity contribution in [2.45, 2.75) is 52.1 Å². The van der Waals surface area contributed by atoms with Crippen molar-refractivity contribution in [1.82, 2.24) is 0 Å². The maximum atomic E-state index is 13.3. The molecule has 0 bridgehead atoms. The Hall–Kier alpha value is -3.08. The molecule has 0 radical (unpaired) electrons. The lowest BCUT2D eigenvalue weighted by atomic mass is 9.91. The Bertz CT molecular complexity index is 979. The molecular weight excluding hydrogens is 383 g/mol. The normalized spacial score (nSPS) is 13.8. The second kappa shape index (κ2) is 9.16. The third kappa shape index (κ3) is 4.73. The van der Waals surface area contributed by atoms with Gasteiger partial charge in [-0.2, -0.15) is 0 Å². The maximum absolute atomic E-state index is 13.3. The molecule has 1 fully saturated rings. The quantitative estimate of drug-likeness (QED) is 0.540. The van der Waals surface area contributed by atoms with Gasteiger partial charge in [0.15, 0.2) is 0 Å². The van der Waals surface area contributed by atoms with E-state index >= 15 is 0 Å². The largest absolute Gasteiger partial charge is 0.507 e. The molecule has 2 aromatic carbocycles. The summed E-state index contributed by atoms with van der Waals surface area (Å²) in [5.74, 6) is -1.49. The minimum absolute atomic E-state index is 0.0393. The summed E-state index contributed by atoms with van der Waals surface area (Å²) in [4.78, 5) is 12.1. The zero-order valence-electron chi connectivity index (χ0n) is 17.4. The van der Waals surface area contributed by atoms with E-state index in [4.69, 9.17) is 4.74 Å². The summed E-state index contributed by atoms with van der Waals surface area (Å²) in [6.45, 7) is 7.91. The number of carbonyl (C=O) groups is 1. The van der Waals surface area contributed by atoms with Crippen molar-refractivity contribution >= 4 is 11.5 Å². The fraction of sp³-hybridized carbons (Fsp3) is 0.320. The highest BCUT2D eigenvalue weighted by atomic mass is 19.1. The summed E-state index contributed by atoms with van der Waals surface area (Å²) in [5, 5.41) is 20.8. The first-order valence-electron chi connectivity index (χ1n) is 10.1. The number of hydrogen-bond donors (Lipinski definition) is 2. The van der Waals surface area contributed by atoms with Crippen LogP contribution in [-0.4, -0.2) is 22.3 Å². The van der Waals surface area contributed by atoms with Crippen molar-refractivity contribution in [3.8, 4) is 11.5 Å². The lowest BCUT2D eigenvalue weighted by Gasteiger charge is -2.21. The minimum Gasteiger partial charge on any atom is -0.507 e. The molecule has 5 heteroatoms. The van der Waals surface area contributed by atoms with Gasteiger partial charge in [0.2, 0.25) is 0 Å². The Morgan fingerprint density at radius 1 is 1.23 bits per heavy atom. The van der Waals surface area contributed by atoms with E-state index in [1.807, 2.05) is 19.9 Å². The highest BCUT2D eigenvalue weighted by Gasteiger charge is 2.26. The summed E-state index contributed by atoms with van der Waals surface area (Å²) in [7, 11) is 0. The van der Waals surface area contributed by atoms with Gasteiger partial charge in [-0.25, -0.2) is 9.18 Å². The van der Waals surface area contributed by atoms with Crippen molar-refractivity contribution in [3.05, 3.63) is 76.6 Å². The molecule has 0 amide bonds. The SMILES string of the molecule is C=C(c1ccc(F)cc1)c1cc(OC2CCCC2)c(CC=C(C)C)c(O)c1C(=O)O. The number of carboxylic acid groups (broad SMARTS) is 1. The van der Waals surface area contributed by atoms with Crippen molar-refractivity contribution in [1.29, 1.82) is 0 Å².